The summed E-state index contributed by atoms with van der Waals surface area (Å²) in [6.45, 7) is 6.67. The standard InChI is InChI=1S/C11H20N4O/c1-9-8-10(2)14-11(13-9)15(5-4-12)6-7-16-3/h8H,4-7,12H2,1-3H3. The highest BCUT2D eigenvalue weighted by Crippen LogP contribution is 2.09. The minimum atomic E-state index is 0.583. The van der Waals surface area contributed by atoms with Gasteiger partial charge in [-0.1, -0.05) is 0 Å². The lowest BCUT2D eigenvalue weighted by atomic mass is 10.3. The third kappa shape index (κ3) is 3.75. The Hall–Kier alpha value is -1.20. The Morgan fingerprint density at radius 1 is 1.25 bits per heavy atom. The summed E-state index contributed by atoms with van der Waals surface area (Å²) in [4.78, 5) is 10.9. The van der Waals surface area contributed by atoms with Crippen molar-refractivity contribution < 1.29 is 4.74 Å². The maximum absolute atomic E-state index is 5.58. The van der Waals surface area contributed by atoms with E-state index in [-0.39, 0.29) is 0 Å². The summed E-state index contributed by atoms with van der Waals surface area (Å²) in [6, 6.07) is 1.96. The van der Waals surface area contributed by atoms with Gasteiger partial charge in [-0.2, -0.15) is 0 Å². The van der Waals surface area contributed by atoms with E-state index in [2.05, 4.69) is 9.97 Å². The first kappa shape index (κ1) is 12.9. The molecule has 0 spiro atoms. The molecular formula is C11H20N4O. The highest BCUT2D eigenvalue weighted by Gasteiger charge is 2.09. The molecule has 1 rings (SSSR count). The third-order valence-electron chi connectivity index (χ3n) is 2.22. The molecule has 5 nitrogen and oxygen atoms in total. The largest absolute Gasteiger partial charge is 0.383 e. The summed E-state index contributed by atoms with van der Waals surface area (Å²) in [5.41, 5.74) is 7.52. The van der Waals surface area contributed by atoms with Crippen LogP contribution in [0.15, 0.2) is 6.07 Å². The molecule has 0 aromatic carbocycles. The first-order valence-corrected chi connectivity index (χ1v) is 5.43. The van der Waals surface area contributed by atoms with Gasteiger partial charge in [-0.15, -0.1) is 0 Å². The van der Waals surface area contributed by atoms with Crippen LogP contribution in [-0.4, -0.2) is 43.3 Å². The van der Waals surface area contributed by atoms with Gasteiger partial charge in [0.05, 0.1) is 6.61 Å². The van der Waals surface area contributed by atoms with E-state index in [1.54, 1.807) is 7.11 Å². The highest BCUT2D eigenvalue weighted by molar-refractivity contribution is 5.32. The number of rotatable bonds is 6. The monoisotopic (exact) mass is 224 g/mol. The predicted octanol–water partition coefficient (Wildman–Crippen LogP) is 0.505. The third-order valence-corrected chi connectivity index (χ3v) is 2.22. The van der Waals surface area contributed by atoms with E-state index in [1.807, 2.05) is 24.8 Å². The fourth-order valence-corrected chi connectivity index (χ4v) is 1.52. The topological polar surface area (TPSA) is 64.3 Å². The Labute approximate surface area is 96.6 Å². The van der Waals surface area contributed by atoms with Gasteiger partial charge in [0.1, 0.15) is 0 Å². The number of nitrogens with two attached hydrogens (primary N) is 1. The second kappa shape index (κ2) is 6.40. The molecule has 0 amide bonds. The lowest BCUT2D eigenvalue weighted by molar-refractivity contribution is 0.205. The Morgan fingerprint density at radius 2 is 1.88 bits per heavy atom. The van der Waals surface area contributed by atoms with E-state index in [0.717, 1.165) is 30.4 Å². The van der Waals surface area contributed by atoms with Crippen LogP contribution in [0.5, 0.6) is 0 Å². The lowest BCUT2D eigenvalue weighted by Crippen LogP contribution is -2.34. The number of aryl methyl sites for hydroxylation is 2. The normalized spacial score (nSPS) is 10.5. The number of hydrogen-bond donors (Lipinski definition) is 1. The van der Waals surface area contributed by atoms with Gasteiger partial charge in [0.2, 0.25) is 5.95 Å². The van der Waals surface area contributed by atoms with Crippen molar-refractivity contribution >= 4 is 5.95 Å². The molecule has 0 aliphatic heterocycles. The van der Waals surface area contributed by atoms with Crippen LogP contribution in [0, 0.1) is 13.8 Å². The van der Waals surface area contributed by atoms with Gasteiger partial charge < -0.3 is 15.4 Å². The van der Waals surface area contributed by atoms with Crippen molar-refractivity contribution in [2.24, 2.45) is 5.73 Å². The molecule has 0 bridgehead atoms. The quantitative estimate of drug-likeness (QED) is 0.762. The molecule has 1 heterocycles. The minimum Gasteiger partial charge on any atom is -0.383 e. The summed E-state index contributed by atoms with van der Waals surface area (Å²) in [7, 11) is 1.68. The highest BCUT2D eigenvalue weighted by atomic mass is 16.5. The number of hydrogen-bond acceptors (Lipinski definition) is 5. The van der Waals surface area contributed by atoms with Crippen LogP contribution in [0.25, 0.3) is 0 Å². The Bertz CT molecular complexity index is 310. The van der Waals surface area contributed by atoms with Crippen molar-refractivity contribution in [1.29, 1.82) is 0 Å². The van der Waals surface area contributed by atoms with Gasteiger partial charge in [0.15, 0.2) is 0 Å². The molecule has 0 aliphatic rings. The van der Waals surface area contributed by atoms with Gasteiger partial charge in [-0.05, 0) is 19.9 Å². The van der Waals surface area contributed by atoms with Crippen LogP contribution in [0.3, 0.4) is 0 Å². The molecule has 1 aromatic rings. The molecule has 0 fully saturated rings. The zero-order valence-electron chi connectivity index (χ0n) is 10.2. The SMILES string of the molecule is COCCN(CCN)c1nc(C)cc(C)n1. The van der Waals surface area contributed by atoms with E-state index in [9.17, 15) is 0 Å². The van der Waals surface area contributed by atoms with Gasteiger partial charge in [0.25, 0.3) is 0 Å². The van der Waals surface area contributed by atoms with Crippen LogP contribution in [-0.2, 0) is 4.74 Å². The number of nitrogens with zero attached hydrogens (tertiary/aromatic N) is 3. The summed E-state index contributed by atoms with van der Waals surface area (Å²) in [5, 5.41) is 0. The van der Waals surface area contributed by atoms with E-state index in [0.29, 0.717) is 13.2 Å². The van der Waals surface area contributed by atoms with Crippen molar-refractivity contribution in [2.45, 2.75) is 13.8 Å². The molecule has 0 atom stereocenters. The molecule has 0 radical (unpaired) electrons. The second-order valence-electron chi connectivity index (χ2n) is 3.72. The minimum absolute atomic E-state index is 0.583. The fourth-order valence-electron chi connectivity index (χ4n) is 1.52. The number of anilines is 1. The van der Waals surface area contributed by atoms with E-state index < -0.39 is 0 Å². The molecule has 0 saturated heterocycles. The number of aromatic nitrogens is 2. The smallest absolute Gasteiger partial charge is 0.225 e. The predicted molar refractivity (Wildman–Crippen MR) is 64.6 cm³/mol. The van der Waals surface area contributed by atoms with Gasteiger partial charge in [-0.25, -0.2) is 9.97 Å². The molecular weight excluding hydrogens is 204 g/mol. The van der Waals surface area contributed by atoms with E-state index in [1.165, 1.54) is 0 Å². The molecule has 0 saturated carbocycles. The molecule has 0 aliphatic carbocycles. The zero-order chi connectivity index (χ0) is 12.0. The molecule has 2 N–H and O–H groups in total. The average molecular weight is 224 g/mol. The van der Waals surface area contributed by atoms with Gasteiger partial charge in [0, 0.05) is 38.1 Å². The number of ether oxygens (including phenoxy) is 1. The van der Waals surface area contributed by atoms with Crippen LogP contribution < -0.4 is 10.6 Å². The summed E-state index contributed by atoms with van der Waals surface area (Å²) < 4.78 is 5.06. The maximum atomic E-state index is 5.58. The lowest BCUT2D eigenvalue weighted by Gasteiger charge is -2.22. The molecule has 16 heavy (non-hydrogen) atoms. The van der Waals surface area contributed by atoms with Crippen LogP contribution in [0.2, 0.25) is 0 Å². The summed E-state index contributed by atoms with van der Waals surface area (Å²) in [5.74, 6) is 0.736. The Kier molecular flexibility index (Phi) is 5.14. The van der Waals surface area contributed by atoms with Crippen LogP contribution >= 0.6 is 0 Å². The Morgan fingerprint density at radius 3 is 2.38 bits per heavy atom. The van der Waals surface area contributed by atoms with E-state index in [4.69, 9.17) is 10.5 Å². The van der Waals surface area contributed by atoms with Crippen molar-refractivity contribution in [3.8, 4) is 0 Å². The maximum Gasteiger partial charge on any atom is 0.225 e. The van der Waals surface area contributed by atoms with Crippen LogP contribution in [0.1, 0.15) is 11.4 Å². The summed E-state index contributed by atoms with van der Waals surface area (Å²) in [6.07, 6.45) is 0. The first-order chi connectivity index (χ1) is 7.67. The average Bonchev–Trinajstić information content (AvgIpc) is 2.22. The van der Waals surface area contributed by atoms with Crippen LogP contribution in [0.4, 0.5) is 5.95 Å². The summed E-state index contributed by atoms with van der Waals surface area (Å²) >= 11 is 0. The van der Waals surface area contributed by atoms with Gasteiger partial charge >= 0.3 is 0 Å². The fraction of sp³-hybridized carbons (Fsp3) is 0.636. The van der Waals surface area contributed by atoms with E-state index >= 15 is 0 Å². The molecule has 1 aromatic heterocycles. The molecule has 90 valence electrons. The molecule has 5 heteroatoms. The van der Waals surface area contributed by atoms with Crippen molar-refractivity contribution in [1.82, 2.24) is 9.97 Å². The first-order valence-electron chi connectivity index (χ1n) is 5.43. The van der Waals surface area contributed by atoms with Crippen molar-refractivity contribution in [2.75, 3.05) is 38.3 Å². The molecule has 0 unspecified atom stereocenters. The Balaban J connectivity index is 2.82. The second-order valence-corrected chi connectivity index (χ2v) is 3.72. The van der Waals surface area contributed by atoms with Crippen molar-refractivity contribution in [3.05, 3.63) is 17.5 Å². The zero-order valence-corrected chi connectivity index (χ0v) is 10.2. The number of methoxy groups -OCH3 is 1. The van der Waals surface area contributed by atoms with Crippen molar-refractivity contribution in [3.63, 3.8) is 0 Å². The van der Waals surface area contributed by atoms with Gasteiger partial charge in [-0.3, -0.25) is 0 Å².